The summed E-state index contributed by atoms with van der Waals surface area (Å²) in [5, 5.41) is 0. The lowest BCUT2D eigenvalue weighted by Gasteiger charge is -2.22. The predicted molar refractivity (Wildman–Crippen MR) is 128 cm³/mol. The summed E-state index contributed by atoms with van der Waals surface area (Å²) in [5.41, 5.74) is 9.86. The van der Waals surface area contributed by atoms with Gasteiger partial charge in [0, 0.05) is 23.8 Å². The van der Waals surface area contributed by atoms with Crippen molar-refractivity contribution in [1.82, 2.24) is 9.97 Å². The number of benzene rings is 3. The van der Waals surface area contributed by atoms with Crippen LogP contribution in [0, 0.1) is 27.7 Å². The van der Waals surface area contributed by atoms with Crippen LogP contribution in [0.25, 0.3) is 11.1 Å². The van der Waals surface area contributed by atoms with Crippen molar-refractivity contribution in [3.63, 3.8) is 0 Å². The largest absolute Gasteiger partial charge is 0.305 e. The molecule has 1 aromatic heterocycles. The average Bonchev–Trinajstić information content (AvgIpc) is 3.13. The number of nitrogens with zero attached hydrogens (tertiary/aromatic N) is 4. The molecular weight excluding hydrogens is 380 g/mol. The fraction of sp³-hybridized carbons (Fsp3) is 0.185. The molecular formula is C27H26N4. The van der Waals surface area contributed by atoms with Gasteiger partial charge < -0.3 is 9.80 Å². The second-order valence-corrected chi connectivity index (χ2v) is 8.36. The molecule has 154 valence electrons. The van der Waals surface area contributed by atoms with Crippen molar-refractivity contribution in [2.24, 2.45) is 0 Å². The number of anilines is 4. The lowest BCUT2D eigenvalue weighted by atomic mass is 9.95. The summed E-state index contributed by atoms with van der Waals surface area (Å²) in [6.07, 6.45) is 3.54. The Bertz CT molecular complexity index is 1240. The first-order valence-electron chi connectivity index (χ1n) is 10.6. The molecule has 1 aliphatic rings. The van der Waals surface area contributed by atoms with Crippen LogP contribution in [0.2, 0.25) is 0 Å². The summed E-state index contributed by atoms with van der Waals surface area (Å²) in [6, 6.07) is 21.8. The molecule has 0 saturated carbocycles. The summed E-state index contributed by atoms with van der Waals surface area (Å²) >= 11 is 0. The lowest BCUT2D eigenvalue weighted by molar-refractivity contribution is 0.974. The molecule has 2 heterocycles. The van der Waals surface area contributed by atoms with Gasteiger partial charge >= 0.3 is 0 Å². The third kappa shape index (κ3) is 3.44. The van der Waals surface area contributed by atoms with Crippen molar-refractivity contribution in [3.05, 3.63) is 95.3 Å². The molecule has 31 heavy (non-hydrogen) atoms. The predicted octanol–water partition coefficient (Wildman–Crippen LogP) is 6.62. The minimum absolute atomic E-state index is 0.679. The van der Waals surface area contributed by atoms with Crippen molar-refractivity contribution >= 4 is 23.0 Å². The Hall–Kier alpha value is -3.66. The Balaban J connectivity index is 1.59. The number of aromatic nitrogens is 2. The molecule has 3 aromatic carbocycles. The minimum atomic E-state index is 0.679. The zero-order valence-electron chi connectivity index (χ0n) is 18.4. The maximum absolute atomic E-state index is 4.70. The Morgan fingerprint density at radius 1 is 0.645 bits per heavy atom. The maximum atomic E-state index is 4.70. The smallest absolute Gasteiger partial charge is 0.178 e. The van der Waals surface area contributed by atoms with E-state index in [9.17, 15) is 0 Å². The SMILES string of the molecule is Cc1cc(C)cc(N2CN(c3cccc(-c4c(C)cccc4C)c3)c3nccnc32)c1. The van der Waals surface area contributed by atoms with Gasteiger partial charge in [0.25, 0.3) is 0 Å². The number of hydrogen-bond donors (Lipinski definition) is 0. The topological polar surface area (TPSA) is 32.3 Å². The van der Waals surface area contributed by atoms with Gasteiger partial charge in [-0.05, 0) is 85.3 Å². The molecule has 4 aromatic rings. The van der Waals surface area contributed by atoms with Crippen LogP contribution in [-0.4, -0.2) is 16.6 Å². The molecule has 1 aliphatic heterocycles. The highest BCUT2D eigenvalue weighted by molar-refractivity contribution is 5.84. The van der Waals surface area contributed by atoms with E-state index in [4.69, 9.17) is 4.98 Å². The molecule has 0 unspecified atom stereocenters. The Kier molecular flexibility index (Phi) is 4.70. The van der Waals surface area contributed by atoms with Crippen LogP contribution in [0.1, 0.15) is 22.3 Å². The zero-order valence-corrected chi connectivity index (χ0v) is 18.4. The quantitative estimate of drug-likeness (QED) is 0.382. The van der Waals surface area contributed by atoms with E-state index in [0.29, 0.717) is 6.67 Å². The van der Waals surface area contributed by atoms with Crippen molar-refractivity contribution in [1.29, 1.82) is 0 Å². The van der Waals surface area contributed by atoms with E-state index in [0.717, 1.165) is 23.0 Å². The average molecular weight is 407 g/mol. The van der Waals surface area contributed by atoms with Crippen molar-refractivity contribution < 1.29 is 0 Å². The van der Waals surface area contributed by atoms with Gasteiger partial charge in [-0.25, -0.2) is 9.97 Å². The molecule has 0 N–H and O–H groups in total. The van der Waals surface area contributed by atoms with E-state index in [1.165, 1.54) is 33.4 Å². The number of rotatable bonds is 3. The highest BCUT2D eigenvalue weighted by atomic mass is 15.4. The molecule has 0 aliphatic carbocycles. The van der Waals surface area contributed by atoms with Crippen LogP contribution in [0.3, 0.4) is 0 Å². The highest BCUT2D eigenvalue weighted by Gasteiger charge is 2.31. The molecule has 0 saturated heterocycles. The van der Waals surface area contributed by atoms with E-state index in [-0.39, 0.29) is 0 Å². The van der Waals surface area contributed by atoms with E-state index in [2.05, 4.69) is 103 Å². The Labute approximate surface area is 183 Å². The molecule has 0 fully saturated rings. The van der Waals surface area contributed by atoms with Crippen LogP contribution < -0.4 is 9.80 Å². The third-order valence-electron chi connectivity index (χ3n) is 5.90. The van der Waals surface area contributed by atoms with E-state index < -0.39 is 0 Å². The van der Waals surface area contributed by atoms with Gasteiger partial charge in [0.2, 0.25) is 0 Å². The van der Waals surface area contributed by atoms with Gasteiger partial charge in [0.1, 0.15) is 6.67 Å². The Morgan fingerprint density at radius 2 is 1.23 bits per heavy atom. The number of aryl methyl sites for hydroxylation is 4. The molecule has 4 heteroatoms. The maximum Gasteiger partial charge on any atom is 0.178 e. The fourth-order valence-corrected chi connectivity index (χ4v) is 4.59. The molecule has 4 nitrogen and oxygen atoms in total. The van der Waals surface area contributed by atoms with Crippen molar-refractivity contribution in [2.75, 3.05) is 16.5 Å². The molecule has 0 atom stereocenters. The van der Waals surface area contributed by atoms with Gasteiger partial charge in [-0.15, -0.1) is 0 Å². The standard InChI is InChI=1S/C27H26N4/c1-18-13-19(2)15-24(14-18)31-17-30(26-27(31)29-12-11-28-26)23-10-6-9-22(16-23)25-20(3)7-5-8-21(25)4/h5-16H,17H2,1-4H3. The van der Waals surface area contributed by atoms with E-state index in [1.807, 2.05) is 0 Å². The zero-order chi connectivity index (χ0) is 21.5. The minimum Gasteiger partial charge on any atom is -0.305 e. The van der Waals surface area contributed by atoms with Crippen molar-refractivity contribution in [2.45, 2.75) is 27.7 Å². The van der Waals surface area contributed by atoms with E-state index >= 15 is 0 Å². The normalized spacial score (nSPS) is 12.9. The molecule has 0 amide bonds. The fourth-order valence-electron chi connectivity index (χ4n) is 4.59. The molecule has 0 bridgehead atoms. The van der Waals surface area contributed by atoms with Crippen molar-refractivity contribution in [3.8, 4) is 11.1 Å². The number of hydrogen-bond acceptors (Lipinski definition) is 4. The first-order valence-corrected chi connectivity index (χ1v) is 10.6. The summed E-state index contributed by atoms with van der Waals surface area (Å²) in [7, 11) is 0. The second-order valence-electron chi connectivity index (χ2n) is 8.36. The summed E-state index contributed by atoms with van der Waals surface area (Å²) in [6.45, 7) is 9.30. The first-order chi connectivity index (χ1) is 15.0. The molecule has 5 rings (SSSR count). The van der Waals surface area contributed by atoms with Crippen LogP contribution >= 0.6 is 0 Å². The van der Waals surface area contributed by atoms with Gasteiger partial charge in [0.15, 0.2) is 11.6 Å². The first kappa shape index (κ1) is 19.3. The van der Waals surface area contributed by atoms with Crippen LogP contribution in [0.5, 0.6) is 0 Å². The lowest BCUT2D eigenvalue weighted by Crippen LogP contribution is -2.24. The van der Waals surface area contributed by atoms with Gasteiger partial charge in [-0.2, -0.15) is 0 Å². The third-order valence-corrected chi connectivity index (χ3v) is 5.90. The van der Waals surface area contributed by atoms with Gasteiger partial charge in [-0.3, -0.25) is 0 Å². The van der Waals surface area contributed by atoms with Gasteiger partial charge in [0.05, 0.1) is 0 Å². The monoisotopic (exact) mass is 406 g/mol. The second kappa shape index (κ2) is 7.55. The Morgan fingerprint density at radius 3 is 1.87 bits per heavy atom. The van der Waals surface area contributed by atoms with Gasteiger partial charge in [-0.1, -0.05) is 36.4 Å². The van der Waals surface area contributed by atoms with E-state index in [1.54, 1.807) is 12.4 Å². The molecule has 0 radical (unpaired) electrons. The summed E-state index contributed by atoms with van der Waals surface area (Å²) in [4.78, 5) is 13.9. The summed E-state index contributed by atoms with van der Waals surface area (Å²) < 4.78 is 0. The highest BCUT2D eigenvalue weighted by Crippen LogP contribution is 2.42. The molecule has 0 spiro atoms. The van der Waals surface area contributed by atoms with Crippen LogP contribution in [0.4, 0.5) is 23.0 Å². The van der Waals surface area contributed by atoms with Crippen LogP contribution in [-0.2, 0) is 0 Å². The number of fused-ring (bicyclic) bond motifs is 1. The summed E-state index contributed by atoms with van der Waals surface area (Å²) in [5.74, 6) is 1.78. The van der Waals surface area contributed by atoms with Crippen LogP contribution in [0.15, 0.2) is 73.1 Å².